The Labute approximate surface area is 213 Å². The van der Waals surface area contributed by atoms with Crippen LogP contribution in [0.25, 0.3) is 55.3 Å². The molecule has 0 amide bonds. The van der Waals surface area contributed by atoms with Crippen LogP contribution in [0.1, 0.15) is 0 Å². The lowest BCUT2D eigenvalue weighted by Gasteiger charge is -2.08. The van der Waals surface area contributed by atoms with Crippen molar-refractivity contribution in [3.63, 3.8) is 0 Å². The van der Waals surface area contributed by atoms with Crippen LogP contribution in [0.4, 0.5) is 4.39 Å². The molecule has 0 bridgehead atoms. The summed E-state index contributed by atoms with van der Waals surface area (Å²) in [6.45, 7) is 0. The smallest absolute Gasteiger partial charge is 0.241 e. The summed E-state index contributed by atoms with van der Waals surface area (Å²) in [6, 6.07) is 9.95. The Morgan fingerprint density at radius 2 is 1.84 bits per heavy atom. The van der Waals surface area contributed by atoms with Gasteiger partial charge in [-0.25, -0.2) is 35.8 Å². The lowest BCUT2D eigenvalue weighted by Crippen LogP contribution is -2.18. The largest absolute Gasteiger partial charge is 0.338 e. The van der Waals surface area contributed by atoms with Crippen LogP contribution >= 0.6 is 11.3 Å². The molecule has 6 aromatic rings. The van der Waals surface area contributed by atoms with Crippen LogP contribution in [0.15, 0.2) is 53.9 Å². The lowest BCUT2D eigenvalue weighted by molar-refractivity contribution is 0.574. The van der Waals surface area contributed by atoms with E-state index in [9.17, 15) is 21.2 Å². The lowest BCUT2D eigenvalue weighted by atomic mass is 10.1. The van der Waals surface area contributed by atoms with E-state index in [0.717, 1.165) is 45.9 Å². The van der Waals surface area contributed by atoms with Crippen molar-refractivity contribution in [3.05, 3.63) is 53.9 Å². The minimum Gasteiger partial charge on any atom is -0.338 e. The molecule has 0 radical (unpaired) electrons. The van der Waals surface area contributed by atoms with Crippen molar-refractivity contribution in [2.45, 2.75) is 5.16 Å². The van der Waals surface area contributed by atoms with Gasteiger partial charge in [0.25, 0.3) is 0 Å². The molecule has 0 aliphatic heterocycles. The first kappa shape index (κ1) is 23.4. The highest BCUT2D eigenvalue weighted by molar-refractivity contribution is 7.92. The molecule has 0 aromatic carbocycles. The van der Waals surface area contributed by atoms with Crippen LogP contribution in [-0.2, 0) is 19.9 Å². The summed E-state index contributed by atoms with van der Waals surface area (Å²) in [5.74, 6) is 0. The number of nitrogens with zero attached hydrogens (tertiary/aromatic N) is 5. The Kier molecular flexibility index (Phi) is 5.09. The Balaban J connectivity index is 1.53. The maximum Gasteiger partial charge on any atom is 0.241 e. The third-order valence-corrected chi connectivity index (χ3v) is 8.66. The zero-order valence-electron chi connectivity index (χ0n) is 19.1. The highest BCUT2D eigenvalue weighted by Crippen LogP contribution is 2.36. The van der Waals surface area contributed by atoms with E-state index in [0.29, 0.717) is 32.0 Å². The monoisotopic (exact) mass is 557 g/mol. The maximum absolute atomic E-state index is 13.7. The third-order valence-electron chi connectivity index (χ3n) is 5.65. The SMILES string of the molecule is CS(=O)(=O)c1ncc(-c2ccc3[nH]nc(-c4cc5c(-c6ccc(F)s6)ccnc5[nH]4)c3n2)n1S(C)(=O)=O. The zero-order valence-corrected chi connectivity index (χ0v) is 21.5. The Morgan fingerprint density at radius 3 is 2.54 bits per heavy atom. The van der Waals surface area contributed by atoms with Gasteiger partial charge in [0.15, 0.2) is 5.13 Å². The molecular formula is C22H16FN7O4S3. The molecule has 0 fully saturated rings. The number of rotatable bonds is 5. The van der Waals surface area contributed by atoms with Crippen LogP contribution in [0.5, 0.6) is 0 Å². The molecule has 6 heterocycles. The summed E-state index contributed by atoms with van der Waals surface area (Å²) in [5.41, 5.74) is 3.56. The van der Waals surface area contributed by atoms with Gasteiger partial charge in [-0.1, -0.05) is 0 Å². The first-order chi connectivity index (χ1) is 17.5. The van der Waals surface area contributed by atoms with E-state index in [1.807, 2.05) is 6.07 Å². The fraction of sp³-hybridized carbons (Fsp3) is 0.0909. The first-order valence-corrected chi connectivity index (χ1v) is 15.1. The molecule has 0 spiro atoms. The number of sulfone groups is 1. The minimum atomic E-state index is -4.03. The zero-order chi connectivity index (χ0) is 26.1. The number of H-pyrrole nitrogens is 2. The molecule has 6 aromatic heterocycles. The number of hydrogen-bond donors (Lipinski definition) is 2. The van der Waals surface area contributed by atoms with Crippen molar-refractivity contribution in [3.8, 4) is 33.2 Å². The van der Waals surface area contributed by atoms with Crippen molar-refractivity contribution in [2.24, 2.45) is 0 Å². The van der Waals surface area contributed by atoms with E-state index in [1.165, 1.54) is 6.07 Å². The highest BCUT2D eigenvalue weighted by Gasteiger charge is 2.27. The molecule has 37 heavy (non-hydrogen) atoms. The van der Waals surface area contributed by atoms with Crippen LogP contribution in [0.2, 0.25) is 0 Å². The summed E-state index contributed by atoms with van der Waals surface area (Å²) in [6.07, 6.45) is 4.56. The van der Waals surface area contributed by atoms with Gasteiger partial charge < -0.3 is 4.98 Å². The van der Waals surface area contributed by atoms with E-state index >= 15 is 0 Å². The molecule has 0 aliphatic carbocycles. The quantitative estimate of drug-likeness (QED) is 0.326. The molecule has 0 unspecified atom stereocenters. The van der Waals surface area contributed by atoms with Crippen molar-refractivity contribution in [2.75, 3.05) is 12.5 Å². The van der Waals surface area contributed by atoms with Gasteiger partial charge >= 0.3 is 0 Å². The first-order valence-electron chi connectivity index (χ1n) is 10.6. The van der Waals surface area contributed by atoms with Gasteiger partial charge in [-0.15, -0.1) is 11.3 Å². The van der Waals surface area contributed by atoms with E-state index in [4.69, 9.17) is 0 Å². The molecule has 2 N–H and O–H groups in total. The summed E-state index contributed by atoms with van der Waals surface area (Å²) in [7, 11) is -7.96. The number of pyridine rings is 2. The molecule has 6 rings (SSSR count). The minimum absolute atomic E-state index is 0.00250. The van der Waals surface area contributed by atoms with Gasteiger partial charge in [-0.3, -0.25) is 5.10 Å². The fourth-order valence-corrected chi connectivity index (χ4v) is 7.17. The van der Waals surface area contributed by atoms with Crippen LogP contribution in [0.3, 0.4) is 0 Å². The predicted octanol–water partition coefficient (Wildman–Crippen LogP) is 3.44. The second kappa shape index (κ2) is 8.03. The van der Waals surface area contributed by atoms with Gasteiger partial charge in [0.1, 0.15) is 22.6 Å². The number of fused-ring (bicyclic) bond motifs is 2. The fourth-order valence-electron chi connectivity index (χ4n) is 4.12. The van der Waals surface area contributed by atoms with Gasteiger partial charge in [0, 0.05) is 28.3 Å². The molecule has 188 valence electrons. The molecule has 0 atom stereocenters. The molecule has 0 saturated carbocycles. The van der Waals surface area contributed by atoms with Crippen molar-refractivity contribution >= 4 is 53.3 Å². The number of aromatic amines is 2. The van der Waals surface area contributed by atoms with Gasteiger partial charge in [-0.2, -0.15) is 9.49 Å². The second-order valence-corrected chi connectivity index (χ2v) is 13.1. The van der Waals surface area contributed by atoms with Crippen molar-refractivity contribution < 1.29 is 21.2 Å². The second-order valence-electron chi connectivity index (χ2n) is 8.30. The van der Waals surface area contributed by atoms with Crippen LogP contribution in [0, 0.1) is 5.13 Å². The Hall–Kier alpha value is -3.95. The van der Waals surface area contributed by atoms with Gasteiger partial charge in [0.05, 0.1) is 29.4 Å². The number of aromatic nitrogens is 7. The van der Waals surface area contributed by atoms with Crippen molar-refractivity contribution in [1.29, 1.82) is 0 Å². The van der Waals surface area contributed by atoms with Gasteiger partial charge in [-0.05, 0) is 36.4 Å². The van der Waals surface area contributed by atoms with E-state index < -0.39 is 25.0 Å². The Morgan fingerprint density at radius 1 is 1.03 bits per heavy atom. The van der Waals surface area contributed by atoms with Gasteiger partial charge in [0.2, 0.25) is 25.0 Å². The topological polar surface area (TPSA) is 156 Å². The summed E-state index contributed by atoms with van der Waals surface area (Å²) in [4.78, 5) is 16.8. The standard InChI is InChI=1S/C22H16FN7O4S3/c1-36(31,32)22-25-10-16(30(22)37(2,33)34)13-3-4-14-19(26-13)20(29-28-14)15-9-12-11(7-8-24-21(12)27-15)17-5-6-18(23)35-17/h3-10H,1-2H3,(H,24,27)(H,28,29). The molecule has 11 nitrogen and oxygen atoms in total. The van der Waals surface area contributed by atoms with Crippen LogP contribution in [-0.4, -0.2) is 63.5 Å². The number of halogens is 1. The van der Waals surface area contributed by atoms with E-state index in [2.05, 4.69) is 30.1 Å². The summed E-state index contributed by atoms with van der Waals surface area (Å²) < 4.78 is 63.6. The number of hydrogen-bond acceptors (Lipinski definition) is 9. The predicted molar refractivity (Wildman–Crippen MR) is 137 cm³/mol. The molecule has 0 aliphatic rings. The van der Waals surface area contributed by atoms with E-state index in [-0.39, 0.29) is 16.5 Å². The average molecular weight is 558 g/mol. The van der Waals surface area contributed by atoms with Crippen LogP contribution < -0.4 is 0 Å². The number of imidazole rings is 1. The number of nitrogens with one attached hydrogen (secondary N) is 2. The Bertz CT molecular complexity index is 2070. The summed E-state index contributed by atoms with van der Waals surface area (Å²) in [5, 5.41) is 7.15. The highest BCUT2D eigenvalue weighted by atomic mass is 32.2. The molecular weight excluding hydrogens is 541 g/mol. The average Bonchev–Trinajstić information content (AvgIpc) is 3.60. The summed E-state index contributed by atoms with van der Waals surface area (Å²) >= 11 is 1.03. The molecule has 15 heteroatoms. The molecule has 0 saturated heterocycles. The maximum atomic E-state index is 13.7. The van der Waals surface area contributed by atoms with E-state index in [1.54, 1.807) is 30.5 Å². The third kappa shape index (κ3) is 3.91. The number of thiophene rings is 1. The van der Waals surface area contributed by atoms with Crippen molar-refractivity contribution in [1.82, 2.24) is 34.1 Å². The normalized spacial score (nSPS) is 12.6.